The predicted molar refractivity (Wildman–Crippen MR) is 136 cm³/mol. The van der Waals surface area contributed by atoms with Crippen LogP contribution in [0.15, 0.2) is 30.6 Å². The number of nitrogens with two attached hydrogens (primary N) is 1. The van der Waals surface area contributed by atoms with E-state index in [1.807, 2.05) is 24.4 Å². The number of piperazine rings is 1. The number of hydrogen-bond acceptors (Lipinski definition) is 6. The fourth-order valence-corrected chi connectivity index (χ4v) is 6.62. The molecule has 3 aromatic rings. The van der Waals surface area contributed by atoms with Gasteiger partial charge >= 0.3 is 0 Å². The van der Waals surface area contributed by atoms with Gasteiger partial charge in [0.15, 0.2) is 5.82 Å². The number of H-pyrrole nitrogens is 1. The quantitative estimate of drug-likeness (QED) is 0.508. The first-order valence-electron chi connectivity index (χ1n) is 11.7. The highest BCUT2D eigenvalue weighted by Crippen LogP contribution is 2.53. The van der Waals surface area contributed by atoms with Crippen LogP contribution in [0.3, 0.4) is 0 Å². The first-order valence-corrected chi connectivity index (χ1v) is 13.9. The molecule has 0 amide bonds. The summed E-state index contributed by atoms with van der Waals surface area (Å²) >= 11 is 0. The van der Waals surface area contributed by atoms with Gasteiger partial charge in [-0.2, -0.15) is 0 Å². The van der Waals surface area contributed by atoms with Crippen molar-refractivity contribution in [2.75, 3.05) is 30.8 Å². The lowest BCUT2D eigenvalue weighted by Gasteiger charge is -2.46. The highest BCUT2D eigenvalue weighted by molar-refractivity contribution is 8.01. The fourth-order valence-electron chi connectivity index (χ4n) is 5.05. The molecule has 3 aromatic heterocycles. The van der Waals surface area contributed by atoms with Crippen molar-refractivity contribution in [2.24, 2.45) is 5.14 Å². The van der Waals surface area contributed by atoms with Crippen molar-refractivity contribution < 1.29 is 4.21 Å². The Bertz CT molecular complexity index is 1240. The molecule has 2 aliphatic rings. The highest BCUT2D eigenvalue weighted by Gasteiger charge is 2.53. The van der Waals surface area contributed by atoms with Crippen molar-refractivity contribution in [1.82, 2.24) is 24.8 Å². The van der Waals surface area contributed by atoms with Crippen molar-refractivity contribution in [3.05, 3.63) is 36.3 Å². The second-order valence-corrected chi connectivity index (χ2v) is 13.6. The van der Waals surface area contributed by atoms with Crippen LogP contribution in [0.25, 0.3) is 22.4 Å². The number of anilines is 1. The molecule has 0 radical (unpaired) electrons. The molecule has 4 heterocycles. The zero-order chi connectivity index (χ0) is 23.6. The minimum Gasteiger partial charge on any atom is -0.351 e. The Morgan fingerprint density at radius 3 is 2.61 bits per heavy atom. The fraction of sp³-hybridized carbons (Fsp3) is 0.542. The van der Waals surface area contributed by atoms with E-state index in [1.165, 1.54) is 0 Å². The highest BCUT2D eigenvalue weighted by atomic mass is 32.3. The van der Waals surface area contributed by atoms with Crippen LogP contribution in [0.1, 0.15) is 46.2 Å². The summed E-state index contributed by atoms with van der Waals surface area (Å²) in [5, 5.41) is 7.23. The van der Waals surface area contributed by atoms with Gasteiger partial charge in [-0.25, -0.2) is 15.0 Å². The van der Waals surface area contributed by atoms with E-state index in [0.29, 0.717) is 11.9 Å². The second-order valence-electron chi connectivity index (χ2n) is 10.7. The number of hydrogen-bond donors (Lipinski definition) is 3. The molecule has 5 rings (SSSR count). The van der Waals surface area contributed by atoms with Gasteiger partial charge in [0.2, 0.25) is 0 Å². The third-order valence-electron chi connectivity index (χ3n) is 7.33. The van der Waals surface area contributed by atoms with Crippen LogP contribution in [0, 0.1) is 0 Å². The molecule has 0 unspecified atom stereocenters. The van der Waals surface area contributed by atoms with Crippen molar-refractivity contribution in [2.45, 2.75) is 56.9 Å². The van der Waals surface area contributed by atoms with Gasteiger partial charge in [-0.1, -0.05) is 10.1 Å². The summed E-state index contributed by atoms with van der Waals surface area (Å²) in [4.78, 5) is 22.5. The average molecular weight is 470 g/mol. The largest absolute Gasteiger partial charge is 0.351 e. The number of aromatic nitrogens is 4. The van der Waals surface area contributed by atoms with E-state index in [-0.39, 0.29) is 5.54 Å². The number of nitrogens with one attached hydrogen (secondary N) is 1. The summed E-state index contributed by atoms with van der Waals surface area (Å²) in [6.45, 7) is 11.8. The van der Waals surface area contributed by atoms with Crippen LogP contribution in [0.2, 0.25) is 0 Å². The smallest absolute Gasteiger partial charge is 0.162 e. The number of rotatable bonds is 4. The van der Waals surface area contributed by atoms with Crippen LogP contribution in [0.4, 0.5) is 5.82 Å². The molecule has 2 fully saturated rings. The number of pyridine rings is 1. The standard InChI is InChI=1S/C24H35N7OS/c1-16-15-30(23(2,3)4)12-13-31(16)20-14-19(24(8-9-24)33(5,25)32)28-22(29-20)18-7-11-27-21-17(18)6-10-26-21/h6-7,10-11,14,16,33H,8-9,12-13,15H2,1-5H3,(H2,25,32)(H,26,27)/t16-/m1/s1. The zero-order valence-corrected chi connectivity index (χ0v) is 21.1. The summed E-state index contributed by atoms with van der Waals surface area (Å²) in [6, 6.07) is 6.28. The molecule has 33 heavy (non-hydrogen) atoms. The number of fused-ring (bicyclic) bond motifs is 1. The van der Waals surface area contributed by atoms with Crippen molar-refractivity contribution in [3.63, 3.8) is 0 Å². The van der Waals surface area contributed by atoms with E-state index in [4.69, 9.17) is 15.1 Å². The van der Waals surface area contributed by atoms with Gasteiger partial charge in [-0.15, -0.1) is 0 Å². The van der Waals surface area contributed by atoms with Crippen molar-refractivity contribution in [3.8, 4) is 11.4 Å². The van der Waals surface area contributed by atoms with Gasteiger partial charge in [0.1, 0.15) is 11.5 Å². The molecular formula is C24H35N7OS. The maximum absolute atomic E-state index is 13.1. The monoisotopic (exact) mass is 469 g/mol. The Morgan fingerprint density at radius 2 is 1.97 bits per heavy atom. The first-order chi connectivity index (χ1) is 15.5. The van der Waals surface area contributed by atoms with Gasteiger partial charge in [0, 0.05) is 66.9 Å². The van der Waals surface area contributed by atoms with Gasteiger partial charge in [0.05, 0.1) is 10.4 Å². The summed E-state index contributed by atoms with van der Waals surface area (Å²) < 4.78 is 12.6. The summed E-state index contributed by atoms with van der Waals surface area (Å²) in [7, 11) is -2.87. The van der Waals surface area contributed by atoms with Crippen LogP contribution < -0.4 is 10.0 Å². The van der Waals surface area contributed by atoms with Crippen molar-refractivity contribution >= 4 is 27.0 Å². The molecule has 1 atom stereocenters. The van der Waals surface area contributed by atoms with E-state index in [9.17, 15) is 4.21 Å². The molecule has 9 heteroatoms. The lowest BCUT2D eigenvalue weighted by atomic mass is 10.0. The zero-order valence-electron chi connectivity index (χ0n) is 20.2. The van der Waals surface area contributed by atoms with E-state index in [2.05, 4.69) is 47.5 Å². The molecule has 1 saturated carbocycles. The minimum atomic E-state index is -2.87. The molecule has 178 valence electrons. The van der Waals surface area contributed by atoms with Crippen LogP contribution in [-0.4, -0.2) is 66.5 Å². The van der Waals surface area contributed by atoms with Gasteiger partial charge < -0.3 is 9.88 Å². The SMILES string of the molecule is C[C@@H]1CN(C(C)(C)C)CCN1c1cc(C2([SH](C)(N)=O)CC2)nc(-c2ccnc3[nH]ccc23)n1. The van der Waals surface area contributed by atoms with Crippen molar-refractivity contribution in [1.29, 1.82) is 0 Å². The Kier molecular flexibility index (Phi) is 5.15. The van der Waals surface area contributed by atoms with Crippen LogP contribution >= 0.6 is 0 Å². The number of aromatic amines is 1. The van der Waals surface area contributed by atoms with Crippen LogP contribution in [0.5, 0.6) is 0 Å². The van der Waals surface area contributed by atoms with E-state index in [1.54, 1.807) is 12.5 Å². The van der Waals surface area contributed by atoms with Gasteiger partial charge in [-0.05, 0) is 52.7 Å². The Labute approximate surface area is 196 Å². The average Bonchev–Trinajstić information content (AvgIpc) is 3.44. The summed E-state index contributed by atoms with van der Waals surface area (Å²) in [5.41, 5.74) is 2.66. The molecular weight excluding hydrogens is 434 g/mol. The van der Waals surface area contributed by atoms with E-state index in [0.717, 1.165) is 60.6 Å². The maximum atomic E-state index is 13.1. The topological polar surface area (TPSA) is 104 Å². The third kappa shape index (κ3) is 3.86. The lowest BCUT2D eigenvalue weighted by molar-refractivity contribution is 0.112. The normalized spacial score (nSPS) is 22.0. The number of nitrogens with zero attached hydrogens (tertiary/aromatic N) is 5. The number of thiol groups is 1. The summed E-state index contributed by atoms with van der Waals surface area (Å²) in [6.07, 6.45) is 6.94. The molecule has 1 aliphatic heterocycles. The maximum Gasteiger partial charge on any atom is 0.162 e. The Balaban J connectivity index is 1.62. The predicted octanol–water partition coefficient (Wildman–Crippen LogP) is 2.84. The molecule has 0 aromatic carbocycles. The minimum absolute atomic E-state index is 0.131. The Morgan fingerprint density at radius 1 is 1.21 bits per heavy atom. The molecule has 0 bridgehead atoms. The molecule has 3 N–H and O–H groups in total. The first kappa shape index (κ1) is 22.4. The third-order valence-corrected chi connectivity index (χ3v) is 9.71. The molecule has 1 aliphatic carbocycles. The van der Waals surface area contributed by atoms with Crippen LogP contribution in [-0.2, 0) is 14.9 Å². The molecule has 0 spiro atoms. The Hall–Kier alpha value is -2.36. The van der Waals surface area contributed by atoms with Gasteiger partial charge in [-0.3, -0.25) is 14.2 Å². The molecule has 8 nitrogen and oxygen atoms in total. The van der Waals surface area contributed by atoms with E-state index < -0.39 is 14.9 Å². The van der Waals surface area contributed by atoms with Gasteiger partial charge in [0.25, 0.3) is 0 Å². The lowest BCUT2D eigenvalue weighted by Crippen LogP contribution is -2.57. The summed E-state index contributed by atoms with van der Waals surface area (Å²) in [5.74, 6) is 1.52. The van der Waals surface area contributed by atoms with E-state index >= 15 is 0 Å². The second kappa shape index (κ2) is 7.58. The molecule has 1 saturated heterocycles.